The van der Waals surface area contributed by atoms with E-state index in [1.807, 2.05) is 18.2 Å². The van der Waals surface area contributed by atoms with Gasteiger partial charge in [0.2, 0.25) is 0 Å². The van der Waals surface area contributed by atoms with E-state index >= 15 is 0 Å². The second kappa shape index (κ2) is 8.31. The average Bonchev–Trinajstić information content (AvgIpc) is 2.58. The van der Waals surface area contributed by atoms with Gasteiger partial charge in [0.15, 0.2) is 0 Å². The molecule has 7 heteroatoms. The molecule has 0 bridgehead atoms. The normalized spacial score (nSPS) is 10.1. The van der Waals surface area contributed by atoms with Crippen LogP contribution in [0.1, 0.15) is 21.6 Å². The fourth-order valence-corrected chi connectivity index (χ4v) is 2.16. The summed E-state index contributed by atoms with van der Waals surface area (Å²) in [6.07, 6.45) is 1.54. The maximum Gasteiger partial charge on any atom is 0.317 e. The molecule has 1 heterocycles. The highest BCUT2D eigenvalue weighted by atomic mass is 35.5. The Kier molecular flexibility index (Phi) is 6.14. The lowest BCUT2D eigenvalue weighted by atomic mass is 10.2. The van der Waals surface area contributed by atoms with Gasteiger partial charge >= 0.3 is 6.03 Å². The molecule has 2 rings (SSSR count). The van der Waals surface area contributed by atoms with Gasteiger partial charge < -0.3 is 15.5 Å². The third-order valence-corrected chi connectivity index (χ3v) is 3.67. The van der Waals surface area contributed by atoms with E-state index in [4.69, 9.17) is 11.6 Å². The van der Waals surface area contributed by atoms with Crippen LogP contribution in [-0.2, 0) is 13.1 Å². The SMILES string of the molecule is CN(C)C(=O)NCc1cc(C(=O)NCc2ccccc2Cl)ccn1. The van der Waals surface area contributed by atoms with Gasteiger partial charge in [-0.2, -0.15) is 0 Å². The van der Waals surface area contributed by atoms with Crippen molar-refractivity contribution in [1.82, 2.24) is 20.5 Å². The van der Waals surface area contributed by atoms with Gasteiger partial charge in [0.05, 0.1) is 12.2 Å². The van der Waals surface area contributed by atoms with Crippen molar-refractivity contribution in [3.63, 3.8) is 0 Å². The van der Waals surface area contributed by atoms with Crippen LogP contribution < -0.4 is 10.6 Å². The molecule has 3 amide bonds. The van der Waals surface area contributed by atoms with Crippen LogP contribution in [-0.4, -0.2) is 35.9 Å². The van der Waals surface area contributed by atoms with Gasteiger partial charge in [0, 0.05) is 37.4 Å². The van der Waals surface area contributed by atoms with Crippen molar-refractivity contribution in [3.05, 3.63) is 64.4 Å². The Balaban J connectivity index is 1.96. The summed E-state index contributed by atoms with van der Waals surface area (Å²) in [5.41, 5.74) is 1.93. The number of hydrogen-bond acceptors (Lipinski definition) is 3. The number of urea groups is 1. The third-order valence-electron chi connectivity index (χ3n) is 3.30. The number of nitrogens with zero attached hydrogens (tertiary/aromatic N) is 2. The highest BCUT2D eigenvalue weighted by molar-refractivity contribution is 6.31. The molecule has 0 aliphatic carbocycles. The number of nitrogens with one attached hydrogen (secondary N) is 2. The van der Waals surface area contributed by atoms with Gasteiger partial charge in [-0.1, -0.05) is 29.8 Å². The summed E-state index contributed by atoms with van der Waals surface area (Å²) in [4.78, 5) is 29.4. The molecule has 1 aromatic carbocycles. The molecule has 0 aliphatic rings. The number of carbonyl (C=O) groups is 2. The van der Waals surface area contributed by atoms with Gasteiger partial charge in [0.25, 0.3) is 5.91 Å². The number of pyridine rings is 1. The second-order valence-corrected chi connectivity index (χ2v) is 5.77. The largest absolute Gasteiger partial charge is 0.348 e. The molecule has 1 aromatic heterocycles. The molecule has 2 aromatic rings. The molecule has 6 nitrogen and oxygen atoms in total. The van der Waals surface area contributed by atoms with Crippen LogP contribution in [0.3, 0.4) is 0 Å². The zero-order valence-electron chi connectivity index (χ0n) is 13.5. The lowest BCUT2D eigenvalue weighted by molar-refractivity contribution is 0.0950. The Bertz CT molecular complexity index is 734. The number of amides is 3. The zero-order valence-corrected chi connectivity index (χ0v) is 14.3. The van der Waals surface area contributed by atoms with Crippen LogP contribution >= 0.6 is 11.6 Å². The molecule has 0 atom stereocenters. The second-order valence-electron chi connectivity index (χ2n) is 5.36. The van der Waals surface area contributed by atoms with Crippen molar-refractivity contribution in [1.29, 1.82) is 0 Å². The topological polar surface area (TPSA) is 74.3 Å². The molecule has 0 radical (unpaired) electrons. The van der Waals surface area contributed by atoms with Crippen LogP contribution in [0.25, 0.3) is 0 Å². The highest BCUT2D eigenvalue weighted by Crippen LogP contribution is 2.14. The monoisotopic (exact) mass is 346 g/mol. The van der Waals surface area contributed by atoms with E-state index in [-0.39, 0.29) is 18.5 Å². The van der Waals surface area contributed by atoms with Crippen LogP contribution in [0.15, 0.2) is 42.6 Å². The fourth-order valence-electron chi connectivity index (χ4n) is 1.96. The van der Waals surface area contributed by atoms with Crippen LogP contribution in [0.2, 0.25) is 5.02 Å². The summed E-state index contributed by atoms with van der Waals surface area (Å²) in [5, 5.41) is 6.14. The smallest absolute Gasteiger partial charge is 0.317 e. The van der Waals surface area contributed by atoms with Crippen molar-refractivity contribution < 1.29 is 9.59 Å². The number of hydrogen-bond donors (Lipinski definition) is 2. The number of carbonyl (C=O) groups excluding carboxylic acids is 2. The average molecular weight is 347 g/mol. The van der Waals surface area contributed by atoms with Gasteiger partial charge in [-0.05, 0) is 23.8 Å². The summed E-state index contributed by atoms with van der Waals surface area (Å²) in [6, 6.07) is 10.4. The third kappa shape index (κ3) is 4.96. The number of aromatic nitrogens is 1. The van der Waals surface area contributed by atoms with Crippen LogP contribution in [0.4, 0.5) is 4.79 Å². The fraction of sp³-hybridized carbons (Fsp3) is 0.235. The molecular weight excluding hydrogens is 328 g/mol. The first kappa shape index (κ1) is 17.7. The van der Waals surface area contributed by atoms with Gasteiger partial charge in [0.1, 0.15) is 0 Å². The summed E-state index contributed by atoms with van der Waals surface area (Å²) >= 11 is 6.07. The van der Waals surface area contributed by atoms with E-state index in [2.05, 4.69) is 15.6 Å². The Morgan fingerprint density at radius 3 is 2.58 bits per heavy atom. The van der Waals surface area contributed by atoms with Crippen molar-refractivity contribution in [2.24, 2.45) is 0 Å². The molecule has 0 aliphatic heterocycles. The van der Waals surface area contributed by atoms with Gasteiger partial charge in [-0.15, -0.1) is 0 Å². The first-order valence-electron chi connectivity index (χ1n) is 7.39. The maximum absolute atomic E-state index is 12.3. The molecule has 0 saturated heterocycles. The van der Waals surface area contributed by atoms with E-state index < -0.39 is 0 Å². The highest BCUT2D eigenvalue weighted by Gasteiger charge is 2.09. The minimum absolute atomic E-state index is 0.217. The predicted octanol–water partition coefficient (Wildman–Crippen LogP) is 2.44. The Morgan fingerprint density at radius 1 is 1.12 bits per heavy atom. The lowest BCUT2D eigenvalue weighted by Crippen LogP contribution is -2.34. The number of benzene rings is 1. The van der Waals surface area contributed by atoms with E-state index in [1.165, 1.54) is 4.90 Å². The molecule has 0 unspecified atom stereocenters. The number of rotatable bonds is 5. The van der Waals surface area contributed by atoms with Crippen molar-refractivity contribution >= 4 is 23.5 Å². The molecule has 2 N–H and O–H groups in total. The Labute approximate surface area is 145 Å². The Morgan fingerprint density at radius 2 is 1.88 bits per heavy atom. The lowest BCUT2D eigenvalue weighted by Gasteiger charge is -2.12. The predicted molar refractivity (Wildman–Crippen MR) is 92.8 cm³/mol. The van der Waals surface area contributed by atoms with Gasteiger partial charge in [-0.25, -0.2) is 4.79 Å². The molecule has 0 fully saturated rings. The van der Waals surface area contributed by atoms with E-state index in [0.29, 0.717) is 22.8 Å². The zero-order chi connectivity index (χ0) is 17.5. The van der Waals surface area contributed by atoms with Crippen molar-refractivity contribution in [2.75, 3.05) is 14.1 Å². The minimum atomic E-state index is -0.225. The summed E-state index contributed by atoms with van der Waals surface area (Å²) in [5.74, 6) is -0.225. The van der Waals surface area contributed by atoms with Crippen molar-refractivity contribution in [3.8, 4) is 0 Å². The number of halogens is 1. The summed E-state index contributed by atoms with van der Waals surface area (Å²) in [7, 11) is 3.31. The molecule has 24 heavy (non-hydrogen) atoms. The first-order valence-corrected chi connectivity index (χ1v) is 7.77. The molecule has 0 spiro atoms. The van der Waals surface area contributed by atoms with E-state index in [9.17, 15) is 9.59 Å². The standard InChI is InChI=1S/C17H19ClN4O2/c1-22(2)17(24)21-11-14-9-12(7-8-19-14)16(23)20-10-13-5-3-4-6-15(13)18/h3-9H,10-11H2,1-2H3,(H,20,23)(H,21,24). The maximum atomic E-state index is 12.3. The molecular formula is C17H19ClN4O2. The summed E-state index contributed by atoms with van der Waals surface area (Å²) < 4.78 is 0. The minimum Gasteiger partial charge on any atom is -0.348 e. The Hall–Kier alpha value is -2.60. The van der Waals surface area contributed by atoms with Crippen LogP contribution in [0.5, 0.6) is 0 Å². The van der Waals surface area contributed by atoms with Gasteiger partial charge in [-0.3, -0.25) is 9.78 Å². The van der Waals surface area contributed by atoms with Crippen molar-refractivity contribution in [2.45, 2.75) is 13.1 Å². The quantitative estimate of drug-likeness (QED) is 0.873. The van der Waals surface area contributed by atoms with Crippen LogP contribution in [0, 0.1) is 0 Å². The molecule has 126 valence electrons. The molecule has 0 saturated carbocycles. The summed E-state index contributed by atoms with van der Waals surface area (Å²) in [6.45, 7) is 0.593. The first-order chi connectivity index (χ1) is 11.5. The van der Waals surface area contributed by atoms with E-state index in [1.54, 1.807) is 38.5 Å². The van der Waals surface area contributed by atoms with E-state index in [0.717, 1.165) is 5.56 Å².